The Bertz CT molecular complexity index is 609. The second kappa shape index (κ2) is 3.48. The van der Waals surface area contributed by atoms with Crippen molar-refractivity contribution in [1.29, 1.82) is 0 Å². The van der Waals surface area contributed by atoms with Gasteiger partial charge >= 0.3 is 5.97 Å². The molecule has 6 heteroatoms. The molecule has 6 nitrogen and oxygen atoms in total. The Morgan fingerprint density at radius 2 is 2.19 bits per heavy atom. The standard InChI is InChI=1S/C10H11N3O3/c1-5(2)6-3-8-11-7(10(15)16)4-9(14)13(8)12-6/h3-5,12H,1-2H3,(H,15,16). The Morgan fingerprint density at radius 3 is 2.75 bits per heavy atom. The molecule has 0 radical (unpaired) electrons. The van der Waals surface area contributed by atoms with Crippen LogP contribution in [-0.4, -0.2) is 25.7 Å². The molecule has 0 atom stereocenters. The van der Waals surface area contributed by atoms with Crippen molar-refractivity contribution in [2.24, 2.45) is 0 Å². The molecule has 2 N–H and O–H groups in total. The maximum atomic E-state index is 11.6. The Morgan fingerprint density at radius 1 is 1.50 bits per heavy atom. The summed E-state index contributed by atoms with van der Waals surface area (Å²) in [7, 11) is 0. The Kier molecular flexibility index (Phi) is 2.26. The molecule has 84 valence electrons. The predicted molar refractivity (Wildman–Crippen MR) is 56.9 cm³/mol. The molecule has 16 heavy (non-hydrogen) atoms. The van der Waals surface area contributed by atoms with Gasteiger partial charge in [-0.1, -0.05) is 13.8 Å². The summed E-state index contributed by atoms with van der Waals surface area (Å²) in [6.45, 7) is 3.93. The third-order valence-electron chi connectivity index (χ3n) is 2.31. The Balaban J connectivity index is 2.73. The maximum absolute atomic E-state index is 11.6. The number of hydrogen-bond acceptors (Lipinski definition) is 3. The van der Waals surface area contributed by atoms with Crippen molar-refractivity contribution >= 4 is 11.6 Å². The lowest BCUT2D eigenvalue weighted by Gasteiger charge is -1.97. The van der Waals surface area contributed by atoms with Gasteiger partial charge in [0.2, 0.25) is 0 Å². The molecule has 0 amide bonds. The van der Waals surface area contributed by atoms with Gasteiger partial charge in [0.05, 0.1) is 0 Å². The summed E-state index contributed by atoms with van der Waals surface area (Å²) in [6.07, 6.45) is 0. The first-order chi connectivity index (χ1) is 7.49. The van der Waals surface area contributed by atoms with Crippen molar-refractivity contribution in [2.75, 3.05) is 0 Å². The van der Waals surface area contributed by atoms with E-state index in [2.05, 4.69) is 10.1 Å². The lowest BCUT2D eigenvalue weighted by Crippen LogP contribution is -2.17. The number of H-pyrrole nitrogens is 1. The molecule has 2 aromatic rings. The minimum absolute atomic E-state index is 0.217. The number of carboxylic acid groups (broad SMARTS) is 1. The van der Waals surface area contributed by atoms with Gasteiger partial charge in [0.1, 0.15) is 0 Å². The summed E-state index contributed by atoms with van der Waals surface area (Å²) >= 11 is 0. The highest BCUT2D eigenvalue weighted by atomic mass is 16.4. The fraction of sp³-hybridized carbons (Fsp3) is 0.300. The Labute approximate surface area is 90.5 Å². The van der Waals surface area contributed by atoms with E-state index in [1.165, 1.54) is 4.52 Å². The van der Waals surface area contributed by atoms with E-state index >= 15 is 0 Å². The molecule has 0 aliphatic carbocycles. The van der Waals surface area contributed by atoms with Gasteiger partial charge in [0.15, 0.2) is 11.3 Å². The zero-order valence-electron chi connectivity index (χ0n) is 8.89. The molecule has 0 saturated heterocycles. The van der Waals surface area contributed by atoms with E-state index in [0.29, 0.717) is 5.65 Å². The number of nitrogens with one attached hydrogen (secondary N) is 1. The Hall–Kier alpha value is -2.11. The highest BCUT2D eigenvalue weighted by molar-refractivity contribution is 5.85. The second-order valence-electron chi connectivity index (χ2n) is 3.84. The SMILES string of the molecule is CC(C)c1cc2nc(C(=O)O)cc(=O)n2[nH]1. The molecule has 2 heterocycles. The zero-order chi connectivity index (χ0) is 11.9. The lowest BCUT2D eigenvalue weighted by molar-refractivity contribution is 0.0690. The molecule has 0 aliphatic rings. The first kappa shape index (κ1) is 10.4. The predicted octanol–water partition coefficient (Wildman–Crippen LogP) is 0.844. The topological polar surface area (TPSA) is 87.5 Å². The van der Waals surface area contributed by atoms with Crippen molar-refractivity contribution in [2.45, 2.75) is 19.8 Å². The van der Waals surface area contributed by atoms with E-state index in [1.54, 1.807) is 6.07 Å². The minimum Gasteiger partial charge on any atom is -0.477 e. The van der Waals surface area contributed by atoms with Crippen LogP contribution in [0.1, 0.15) is 35.9 Å². The van der Waals surface area contributed by atoms with Crippen molar-refractivity contribution in [1.82, 2.24) is 14.6 Å². The average molecular weight is 221 g/mol. The highest BCUT2D eigenvalue weighted by Gasteiger charge is 2.11. The van der Waals surface area contributed by atoms with Crippen LogP contribution in [0, 0.1) is 0 Å². The lowest BCUT2D eigenvalue weighted by atomic mass is 10.1. The van der Waals surface area contributed by atoms with Gasteiger partial charge in [0.25, 0.3) is 5.56 Å². The molecule has 0 fully saturated rings. The van der Waals surface area contributed by atoms with Gasteiger partial charge in [-0.25, -0.2) is 14.3 Å². The molecule has 0 aliphatic heterocycles. The third kappa shape index (κ3) is 1.58. The molecule has 2 aromatic heterocycles. The van der Waals surface area contributed by atoms with Crippen LogP contribution in [0.4, 0.5) is 0 Å². The number of aromatic carboxylic acids is 1. The first-order valence-electron chi connectivity index (χ1n) is 4.85. The molecule has 0 aromatic carbocycles. The molecule has 2 rings (SSSR count). The number of hydrogen-bond donors (Lipinski definition) is 2. The quantitative estimate of drug-likeness (QED) is 0.786. The van der Waals surface area contributed by atoms with Crippen molar-refractivity contribution in [3.63, 3.8) is 0 Å². The summed E-state index contributed by atoms with van der Waals surface area (Å²) in [4.78, 5) is 26.2. The van der Waals surface area contributed by atoms with Gasteiger partial charge in [-0.2, -0.15) is 0 Å². The van der Waals surface area contributed by atoms with E-state index in [4.69, 9.17) is 5.11 Å². The van der Waals surface area contributed by atoms with Crippen LogP contribution < -0.4 is 5.56 Å². The summed E-state index contributed by atoms with van der Waals surface area (Å²) < 4.78 is 1.24. The normalized spacial score (nSPS) is 11.2. The molecule has 0 saturated carbocycles. The van der Waals surface area contributed by atoms with Crippen molar-refractivity contribution in [3.05, 3.63) is 33.9 Å². The third-order valence-corrected chi connectivity index (χ3v) is 2.31. The zero-order valence-corrected chi connectivity index (χ0v) is 8.89. The van der Waals surface area contributed by atoms with E-state index in [-0.39, 0.29) is 11.6 Å². The maximum Gasteiger partial charge on any atom is 0.354 e. The summed E-state index contributed by atoms with van der Waals surface area (Å²) in [5.74, 6) is -0.985. The van der Waals surface area contributed by atoms with Crippen LogP contribution in [0.3, 0.4) is 0 Å². The first-order valence-corrected chi connectivity index (χ1v) is 4.85. The van der Waals surface area contributed by atoms with E-state index in [9.17, 15) is 9.59 Å². The number of rotatable bonds is 2. The summed E-state index contributed by atoms with van der Waals surface area (Å²) in [5.41, 5.74) is 0.509. The molecular weight excluding hydrogens is 210 g/mol. The van der Waals surface area contributed by atoms with Gasteiger partial charge in [0, 0.05) is 17.8 Å². The summed E-state index contributed by atoms with van der Waals surface area (Å²) in [5, 5.41) is 11.6. The van der Waals surface area contributed by atoms with Crippen LogP contribution in [0.5, 0.6) is 0 Å². The largest absolute Gasteiger partial charge is 0.477 e. The van der Waals surface area contributed by atoms with Crippen molar-refractivity contribution < 1.29 is 9.90 Å². The monoisotopic (exact) mass is 221 g/mol. The number of aromatic nitrogens is 3. The van der Waals surface area contributed by atoms with Crippen LogP contribution in [0.2, 0.25) is 0 Å². The second-order valence-corrected chi connectivity index (χ2v) is 3.84. The molecule has 0 bridgehead atoms. The molecular formula is C10H11N3O3. The van der Waals surface area contributed by atoms with Crippen LogP contribution in [0.15, 0.2) is 16.9 Å². The molecule has 0 spiro atoms. The number of carbonyl (C=O) groups is 1. The van der Waals surface area contributed by atoms with Crippen LogP contribution >= 0.6 is 0 Å². The van der Waals surface area contributed by atoms with Gasteiger partial charge in [-0.3, -0.25) is 9.89 Å². The molecule has 0 unspecified atom stereocenters. The van der Waals surface area contributed by atoms with Crippen molar-refractivity contribution in [3.8, 4) is 0 Å². The van der Waals surface area contributed by atoms with Gasteiger partial charge in [-0.05, 0) is 5.92 Å². The fourth-order valence-electron chi connectivity index (χ4n) is 1.42. The van der Waals surface area contributed by atoms with Gasteiger partial charge in [-0.15, -0.1) is 0 Å². The van der Waals surface area contributed by atoms with E-state index in [0.717, 1.165) is 11.8 Å². The number of aromatic amines is 1. The number of fused-ring (bicyclic) bond motifs is 1. The van der Waals surface area contributed by atoms with E-state index in [1.807, 2.05) is 13.8 Å². The summed E-state index contributed by atoms with van der Waals surface area (Å²) in [6, 6.07) is 2.68. The van der Waals surface area contributed by atoms with Gasteiger partial charge < -0.3 is 5.11 Å². The fourth-order valence-corrected chi connectivity index (χ4v) is 1.42. The van der Waals surface area contributed by atoms with Crippen LogP contribution in [0.25, 0.3) is 5.65 Å². The average Bonchev–Trinajstić information content (AvgIpc) is 2.61. The van der Waals surface area contributed by atoms with E-state index < -0.39 is 11.5 Å². The smallest absolute Gasteiger partial charge is 0.354 e. The number of carboxylic acids is 1. The highest BCUT2D eigenvalue weighted by Crippen LogP contribution is 2.12. The van der Waals surface area contributed by atoms with Crippen LogP contribution in [-0.2, 0) is 0 Å². The number of nitrogens with zero attached hydrogens (tertiary/aromatic N) is 2. The minimum atomic E-state index is -1.20.